The Hall–Kier alpha value is -1.08. The standard InChI is InChI=1S/C12H14N/c1-13(2)12-9-5-7-10-6-3-4-8-11(10)12/h3-6,8,12H,7H2,1-2H3/t12-/m0/s1. The molecule has 1 aliphatic carbocycles. The van der Waals surface area contributed by atoms with E-state index < -0.39 is 0 Å². The molecule has 2 rings (SSSR count). The van der Waals surface area contributed by atoms with Gasteiger partial charge in [0, 0.05) is 0 Å². The third-order valence-corrected chi connectivity index (χ3v) is 2.46. The van der Waals surface area contributed by atoms with Crippen molar-refractivity contribution in [3.63, 3.8) is 0 Å². The first-order chi connectivity index (χ1) is 6.29. The molecule has 1 nitrogen and oxygen atoms in total. The lowest BCUT2D eigenvalue weighted by atomic mass is 9.92. The molecule has 0 fully saturated rings. The maximum absolute atomic E-state index is 3.38. The third-order valence-electron chi connectivity index (χ3n) is 2.46. The van der Waals surface area contributed by atoms with Crippen LogP contribution in [-0.2, 0) is 6.42 Å². The van der Waals surface area contributed by atoms with Crippen LogP contribution < -0.4 is 0 Å². The Morgan fingerprint density at radius 3 is 2.85 bits per heavy atom. The molecule has 0 unspecified atom stereocenters. The monoisotopic (exact) mass is 172 g/mol. The van der Waals surface area contributed by atoms with Crippen LogP contribution in [0.2, 0.25) is 0 Å². The molecule has 0 heterocycles. The van der Waals surface area contributed by atoms with Crippen molar-refractivity contribution in [2.45, 2.75) is 12.5 Å². The fourth-order valence-corrected chi connectivity index (χ4v) is 1.78. The van der Waals surface area contributed by atoms with Crippen molar-refractivity contribution in [3.05, 3.63) is 47.5 Å². The van der Waals surface area contributed by atoms with Crippen LogP contribution >= 0.6 is 0 Å². The van der Waals surface area contributed by atoms with Crippen molar-refractivity contribution in [2.75, 3.05) is 14.1 Å². The normalized spacial score (nSPS) is 20.4. The van der Waals surface area contributed by atoms with Gasteiger partial charge in [-0.2, -0.15) is 0 Å². The van der Waals surface area contributed by atoms with Crippen molar-refractivity contribution in [1.29, 1.82) is 0 Å². The van der Waals surface area contributed by atoms with Crippen LogP contribution in [0.3, 0.4) is 0 Å². The summed E-state index contributed by atoms with van der Waals surface area (Å²) in [6.07, 6.45) is 6.54. The number of benzene rings is 1. The van der Waals surface area contributed by atoms with Gasteiger partial charge in [-0.3, -0.25) is 4.90 Å². The minimum Gasteiger partial charge on any atom is -0.299 e. The van der Waals surface area contributed by atoms with E-state index in [1.54, 1.807) is 0 Å². The van der Waals surface area contributed by atoms with E-state index in [1.807, 2.05) is 0 Å². The number of hydrogen-bond acceptors (Lipinski definition) is 1. The lowest BCUT2D eigenvalue weighted by molar-refractivity contribution is 0.339. The van der Waals surface area contributed by atoms with Gasteiger partial charge in [0.15, 0.2) is 0 Å². The average molecular weight is 172 g/mol. The smallest absolute Gasteiger partial charge is 0.0599 e. The predicted octanol–water partition coefficient (Wildman–Crippen LogP) is 2.20. The quantitative estimate of drug-likeness (QED) is 0.627. The van der Waals surface area contributed by atoms with Crippen molar-refractivity contribution in [3.8, 4) is 0 Å². The minimum absolute atomic E-state index is 0.338. The first kappa shape index (κ1) is 8.52. The number of allylic oxidation sites excluding steroid dienone is 1. The molecule has 1 atom stereocenters. The van der Waals surface area contributed by atoms with E-state index >= 15 is 0 Å². The summed E-state index contributed by atoms with van der Waals surface area (Å²) < 4.78 is 0. The largest absolute Gasteiger partial charge is 0.299 e. The van der Waals surface area contributed by atoms with Gasteiger partial charge in [0.2, 0.25) is 0 Å². The summed E-state index contributed by atoms with van der Waals surface area (Å²) in [4.78, 5) is 2.19. The molecule has 67 valence electrons. The lowest BCUT2D eigenvalue weighted by Crippen LogP contribution is -2.21. The summed E-state index contributed by atoms with van der Waals surface area (Å²) in [6, 6.07) is 8.93. The number of nitrogens with zero attached hydrogens (tertiary/aromatic N) is 1. The summed E-state index contributed by atoms with van der Waals surface area (Å²) in [5, 5.41) is 0. The summed E-state index contributed by atoms with van der Waals surface area (Å²) >= 11 is 0. The zero-order chi connectivity index (χ0) is 9.26. The van der Waals surface area contributed by atoms with Crippen LogP contribution in [0.25, 0.3) is 0 Å². The molecule has 1 heteroatoms. The highest BCUT2D eigenvalue weighted by Crippen LogP contribution is 2.26. The molecule has 0 N–H and O–H groups in total. The van der Waals surface area contributed by atoms with Gasteiger partial charge in [0.25, 0.3) is 0 Å². The lowest BCUT2D eigenvalue weighted by Gasteiger charge is -2.25. The second-order valence-corrected chi connectivity index (χ2v) is 3.64. The van der Waals surface area contributed by atoms with Crippen LogP contribution in [0.15, 0.2) is 30.3 Å². The summed E-state index contributed by atoms with van der Waals surface area (Å²) in [7, 11) is 4.18. The van der Waals surface area contributed by atoms with E-state index in [0.29, 0.717) is 6.04 Å². The molecule has 13 heavy (non-hydrogen) atoms. The molecule has 0 spiro atoms. The average Bonchev–Trinajstić information content (AvgIpc) is 2.17. The number of rotatable bonds is 1. The second-order valence-electron chi connectivity index (χ2n) is 3.64. The fourth-order valence-electron chi connectivity index (χ4n) is 1.78. The van der Waals surface area contributed by atoms with E-state index in [-0.39, 0.29) is 0 Å². The van der Waals surface area contributed by atoms with Gasteiger partial charge < -0.3 is 0 Å². The zero-order valence-corrected chi connectivity index (χ0v) is 8.12. The maximum Gasteiger partial charge on any atom is 0.0599 e. The molecule has 1 aromatic rings. The molecule has 0 amide bonds. The molecule has 1 radical (unpaired) electrons. The van der Waals surface area contributed by atoms with Crippen LogP contribution in [0, 0.1) is 6.08 Å². The van der Waals surface area contributed by atoms with Crippen molar-refractivity contribution < 1.29 is 0 Å². The predicted molar refractivity (Wildman–Crippen MR) is 54.4 cm³/mol. The molecular weight excluding hydrogens is 158 g/mol. The van der Waals surface area contributed by atoms with Crippen molar-refractivity contribution in [2.24, 2.45) is 0 Å². The molecular formula is C12H14N. The van der Waals surface area contributed by atoms with Crippen molar-refractivity contribution in [1.82, 2.24) is 4.90 Å². The Balaban J connectivity index is 2.42. The SMILES string of the molecule is CN(C)[C@H]1[C]=CCc2ccccc21. The summed E-state index contributed by atoms with van der Waals surface area (Å²) in [6.45, 7) is 0. The van der Waals surface area contributed by atoms with E-state index in [4.69, 9.17) is 0 Å². The Labute approximate surface area is 79.7 Å². The number of hydrogen-bond donors (Lipinski definition) is 0. The van der Waals surface area contributed by atoms with Gasteiger partial charge in [-0.25, -0.2) is 0 Å². The summed E-state index contributed by atoms with van der Waals surface area (Å²) in [5.74, 6) is 0. The summed E-state index contributed by atoms with van der Waals surface area (Å²) in [5.41, 5.74) is 2.83. The zero-order valence-electron chi connectivity index (χ0n) is 8.12. The third kappa shape index (κ3) is 1.52. The van der Waals surface area contributed by atoms with Crippen LogP contribution in [-0.4, -0.2) is 19.0 Å². The topological polar surface area (TPSA) is 3.24 Å². The van der Waals surface area contributed by atoms with Gasteiger partial charge in [0.05, 0.1) is 6.04 Å². The highest BCUT2D eigenvalue weighted by Gasteiger charge is 2.16. The molecule has 0 saturated heterocycles. The van der Waals surface area contributed by atoms with E-state index in [9.17, 15) is 0 Å². The first-order valence-electron chi connectivity index (χ1n) is 4.61. The molecule has 0 saturated carbocycles. The Morgan fingerprint density at radius 1 is 1.31 bits per heavy atom. The van der Waals surface area contributed by atoms with Crippen LogP contribution in [0.5, 0.6) is 0 Å². The fraction of sp³-hybridized carbons (Fsp3) is 0.333. The molecule has 1 aliphatic rings. The molecule has 0 bridgehead atoms. The number of fused-ring (bicyclic) bond motifs is 1. The van der Waals surface area contributed by atoms with Crippen molar-refractivity contribution >= 4 is 0 Å². The molecule has 0 aromatic heterocycles. The van der Waals surface area contributed by atoms with E-state index in [1.165, 1.54) is 11.1 Å². The Bertz CT molecular complexity index is 326. The Kier molecular flexibility index (Phi) is 2.19. The van der Waals surface area contributed by atoms with E-state index in [2.05, 4.69) is 55.4 Å². The Morgan fingerprint density at radius 2 is 2.08 bits per heavy atom. The van der Waals surface area contributed by atoms with Crippen LogP contribution in [0.1, 0.15) is 17.2 Å². The van der Waals surface area contributed by atoms with Gasteiger partial charge >= 0.3 is 0 Å². The van der Waals surface area contributed by atoms with Gasteiger partial charge in [-0.15, -0.1) is 0 Å². The van der Waals surface area contributed by atoms with Gasteiger partial charge in [-0.1, -0.05) is 30.3 Å². The minimum atomic E-state index is 0.338. The highest BCUT2D eigenvalue weighted by atomic mass is 15.1. The number of likely N-dealkylation sites (N-methyl/N-ethyl adjacent to an activating group) is 1. The molecule has 0 aliphatic heterocycles. The highest BCUT2D eigenvalue weighted by molar-refractivity contribution is 5.35. The maximum atomic E-state index is 3.38. The van der Waals surface area contributed by atoms with Crippen LogP contribution in [0.4, 0.5) is 0 Å². The van der Waals surface area contributed by atoms with E-state index in [0.717, 1.165) is 6.42 Å². The molecule has 1 aromatic carbocycles. The van der Waals surface area contributed by atoms with Gasteiger partial charge in [-0.05, 0) is 37.7 Å². The first-order valence-corrected chi connectivity index (χ1v) is 4.61. The second kappa shape index (κ2) is 3.35. The van der Waals surface area contributed by atoms with Gasteiger partial charge in [0.1, 0.15) is 0 Å².